The zero-order valence-electron chi connectivity index (χ0n) is 7.30. The van der Waals surface area contributed by atoms with Crippen LogP contribution in [0.1, 0.15) is 0 Å². The van der Waals surface area contributed by atoms with Crippen molar-refractivity contribution in [2.45, 2.75) is 4.90 Å². The fourth-order valence-corrected chi connectivity index (χ4v) is 1.82. The van der Waals surface area contributed by atoms with Crippen molar-refractivity contribution < 1.29 is 16.8 Å². The average molecular weight is 235 g/mol. The van der Waals surface area contributed by atoms with Crippen molar-refractivity contribution in [3.8, 4) is 0 Å². The summed E-state index contributed by atoms with van der Waals surface area (Å²) < 4.78 is 44.8. The summed E-state index contributed by atoms with van der Waals surface area (Å²) >= 11 is 0. The van der Waals surface area contributed by atoms with Crippen LogP contribution in [0.15, 0.2) is 29.2 Å². The maximum absolute atomic E-state index is 10.8. The van der Waals surface area contributed by atoms with Gasteiger partial charge in [0.1, 0.15) is 0 Å². The van der Waals surface area contributed by atoms with E-state index in [1.54, 1.807) is 0 Å². The van der Waals surface area contributed by atoms with Gasteiger partial charge in [0.25, 0.3) is 0 Å². The van der Waals surface area contributed by atoms with Gasteiger partial charge in [0.05, 0.1) is 11.2 Å². The largest absolute Gasteiger partial charge is 0.284 e. The minimum absolute atomic E-state index is 0.152. The van der Waals surface area contributed by atoms with E-state index < -0.39 is 20.7 Å². The van der Waals surface area contributed by atoms with Gasteiger partial charge in [0.15, 0.2) is 10.7 Å². The van der Waals surface area contributed by atoms with E-state index in [1.807, 2.05) is 0 Å². The Labute approximate surface area is 83.8 Å². The van der Waals surface area contributed by atoms with Crippen LogP contribution in [0.5, 0.6) is 0 Å². The molecule has 0 fully saturated rings. The molecule has 0 bridgehead atoms. The predicted molar refractivity (Wildman–Crippen MR) is 53.5 cm³/mol. The Bertz CT molecular complexity index is 479. The highest BCUT2D eigenvalue weighted by atomic mass is 32.2. The van der Waals surface area contributed by atoms with Crippen LogP contribution >= 0.6 is 0 Å². The number of rotatable bonds is 3. The quantitative estimate of drug-likeness (QED) is 0.724. The second-order valence-electron chi connectivity index (χ2n) is 2.68. The molecule has 14 heavy (non-hydrogen) atoms. The van der Waals surface area contributed by atoms with Crippen LogP contribution < -0.4 is 4.72 Å². The Balaban J connectivity index is 2.95. The second kappa shape index (κ2) is 3.97. The lowest BCUT2D eigenvalue weighted by Gasteiger charge is -2.02. The number of thiol groups is 1. The first kappa shape index (κ1) is 11.0. The Morgan fingerprint density at radius 3 is 2.00 bits per heavy atom. The molecule has 1 N–H and O–H groups in total. The molecule has 0 aliphatic rings. The summed E-state index contributed by atoms with van der Waals surface area (Å²) in [4.78, 5) is 0.152. The fraction of sp³-hybridized carbons (Fsp3) is 0.143. The van der Waals surface area contributed by atoms with Crippen molar-refractivity contribution >= 4 is 26.4 Å². The van der Waals surface area contributed by atoms with E-state index in [4.69, 9.17) is 0 Å². The highest BCUT2D eigenvalue weighted by Crippen LogP contribution is 2.11. The molecular formula is C7H9NO4S2. The minimum atomic E-state index is -3.31. The van der Waals surface area contributed by atoms with Gasteiger partial charge >= 0.3 is 0 Å². The zero-order chi connectivity index (χ0) is 10.8. The molecule has 0 unspecified atom stereocenters. The SMILES string of the molecule is CS(=O)(=O)Nc1ccc([SH](=O)=O)cc1. The van der Waals surface area contributed by atoms with Gasteiger partial charge in [-0.2, -0.15) is 0 Å². The van der Waals surface area contributed by atoms with Crippen molar-refractivity contribution in [3.05, 3.63) is 24.3 Å². The summed E-state index contributed by atoms with van der Waals surface area (Å²) in [5.74, 6) is 0. The van der Waals surface area contributed by atoms with Crippen molar-refractivity contribution in [3.63, 3.8) is 0 Å². The minimum Gasteiger partial charge on any atom is -0.284 e. The van der Waals surface area contributed by atoms with Gasteiger partial charge in [-0.05, 0) is 24.3 Å². The first-order valence-corrected chi connectivity index (χ1v) is 6.67. The molecule has 7 heteroatoms. The molecule has 0 atom stereocenters. The molecule has 0 saturated heterocycles. The van der Waals surface area contributed by atoms with E-state index in [0.29, 0.717) is 5.69 Å². The van der Waals surface area contributed by atoms with Crippen LogP contribution in [0, 0.1) is 0 Å². The molecule has 1 aromatic carbocycles. The van der Waals surface area contributed by atoms with E-state index >= 15 is 0 Å². The highest BCUT2D eigenvalue weighted by Gasteiger charge is 2.01. The predicted octanol–water partition coefficient (Wildman–Crippen LogP) is 0.0284. The second-order valence-corrected chi connectivity index (χ2v) is 5.46. The lowest BCUT2D eigenvalue weighted by Crippen LogP contribution is -2.09. The average Bonchev–Trinajstić information content (AvgIpc) is 2.02. The monoisotopic (exact) mass is 235 g/mol. The molecule has 0 amide bonds. The van der Waals surface area contributed by atoms with Crippen LogP contribution in [0.3, 0.4) is 0 Å². The van der Waals surface area contributed by atoms with Crippen LogP contribution in [0.2, 0.25) is 0 Å². The molecule has 1 aromatic rings. The molecule has 0 heterocycles. The van der Waals surface area contributed by atoms with Crippen molar-refractivity contribution in [2.24, 2.45) is 0 Å². The number of hydrogen-bond acceptors (Lipinski definition) is 4. The lowest BCUT2D eigenvalue weighted by atomic mass is 10.3. The standard InChI is InChI=1S/C7H9NO4S2/c1-14(11,12)8-6-2-4-7(5-3-6)13(9)10/h2-5,8,13H,1H3. The van der Waals surface area contributed by atoms with Gasteiger partial charge < -0.3 is 0 Å². The van der Waals surface area contributed by atoms with E-state index in [-0.39, 0.29) is 4.90 Å². The van der Waals surface area contributed by atoms with Crippen LogP contribution in [-0.4, -0.2) is 23.1 Å². The number of benzene rings is 1. The molecule has 78 valence electrons. The summed E-state index contributed by atoms with van der Waals surface area (Å²) in [5.41, 5.74) is 0.341. The maximum atomic E-state index is 10.8. The zero-order valence-corrected chi connectivity index (χ0v) is 9.01. The highest BCUT2D eigenvalue weighted by molar-refractivity contribution is 7.92. The van der Waals surface area contributed by atoms with Crippen molar-refractivity contribution in [1.82, 2.24) is 0 Å². The lowest BCUT2D eigenvalue weighted by molar-refractivity contribution is 0.606. The topological polar surface area (TPSA) is 80.3 Å². The fourth-order valence-electron chi connectivity index (χ4n) is 0.865. The van der Waals surface area contributed by atoms with Gasteiger partial charge in [-0.1, -0.05) is 0 Å². The van der Waals surface area contributed by atoms with Gasteiger partial charge in [-0.25, -0.2) is 16.8 Å². The van der Waals surface area contributed by atoms with Crippen LogP contribution in [0.4, 0.5) is 5.69 Å². The molecule has 0 spiro atoms. The summed E-state index contributed by atoms with van der Waals surface area (Å²) in [6.45, 7) is 0. The van der Waals surface area contributed by atoms with Gasteiger partial charge in [-0.15, -0.1) is 0 Å². The summed E-state index contributed by atoms with van der Waals surface area (Å²) in [5, 5.41) is 0. The Kier molecular flexibility index (Phi) is 3.12. The molecule has 0 aromatic heterocycles. The molecule has 0 aliphatic heterocycles. The molecule has 0 aliphatic carbocycles. The first-order chi connectivity index (χ1) is 6.38. The third kappa shape index (κ3) is 3.35. The Morgan fingerprint density at radius 1 is 1.14 bits per heavy atom. The van der Waals surface area contributed by atoms with E-state index in [2.05, 4.69) is 4.72 Å². The molecule has 5 nitrogen and oxygen atoms in total. The van der Waals surface area contributed by atoms with E-state index in [0.717, 1.165) is 6.26 Å². The molecular weight excluding hydrogens is 226 g/mol. The maximum Gasteiger partial charge on any atom is 0.229 e. The number of hydrogen-bond donors (Lipinski definition) is 2. The summed E-state index contributed by atoms with van der Waals surface area (Å²) in [6.07, 6.45) is 1.02. The number of nitrogens with one attached hydrogen (secondary N) is 1. The molecule has 1 rings (SSSR count). The smallest absolute Gasteiger partial charge is 0.229 e. The van der Waals surface area contributed by atoms with Crippen molar-refractivity contribution in [2.75, 3.05) is 11.0 Å². The Morgan fingerprint density at radius 2 is 1.64 bits per heavy atom. The van der Waals surface area contributed by atoms with Crippen molar-refractivity contribution in [1.29, 1.82) is 0 Å². The molecule has 0 saturated carbocycles. The van der Waals surface area contributed by atoms with Crippen LogP contribution in [0.25, 0.3) is 0 Å². The number of sulfonamides is 1. The summed E-state index contributed by atoms with van der Waals surface area (Å²) in [6, 6.07) is 5.45. The van der Waals surface area contributed by atoms with Gasteiger partial charge in [0.2, 0.25) is 10.0 Å². The van der Waals surface area contributed by atoms with E-state index in [1.165, 1.54) is 24.3 Å². The van der Waals surface area contributed by atoms with Gasteiger partial charge in [0, 0.05) is 5.69 Å². The molecule has 0 radical (unpaired) electrons. The third-order valence-electron chi connectivity index (χ3n) is 1.38. The Hall–Kier alpha value is -1.08. The number of anilines is 1. The third-order valence-corrected chi connectivity index (χ3v) is 2.71. The normalized spacial score (nSPS) is 11.6. The van der Waals surface area contributed by atoms with Gasteiger partial charge in [-0.3, -0.25) is 4.72 Å². The van der Waals surface area contributed by atoms with Crippen LogP contribution in [-0.2, 0) is 20.7 Å². The first-order valence-electron chi connectivity index (χ1n) is 3.61. The van der Waals surface area contributed by atoms with E-state index in [9.17, 15) is 16.8 Å². The summed E-state index contributed by atoms with van der Waals surface area (Å²) in [7, 11) is -5.93.